The second-order valence-corrected chi connectivity index (χ2v) is 8.96. The Labute approximate surface area is 202 Å². The van der Waals surface area contributed by atoms with Gasteiger partial charge in [0.2, 0.25) is 0 Å². The Balaban J connectivity index is 1.45. The Kier molecular flexibility index (Phi) is 5.92. The number of rotatable bonds is 3. The van der Waals surface area contributed by atoms with Gasteiger partial charge in [0.05, 0.1) is 26.8 Å². The van der Waals surface area contributed by atoms with E-state index in [-0.39, 0.29) is 5.91 Å². The quantitative estimate of drug-likeness (QED) is 0.370. The van der Waals surface area contributed by atoms with Crippen LogP contribution in [0.25, 0.3) is 22.2 Å². The number of hydrogen-bond donors (Lipinski definition) is 0. The van der Waals surface area contributed by atoms with Crippen molar-refractivity contribution in [1.29, 1.82) is 0 Å². The van der Waals surface area contributed by atoms with Crippen molar-refractivity contribution in [2.24, 2.45) is 0 Å². The smallest absolute Gasteiger partial charge is 0.254 e. The summed E-state index contributed by atoms with van der Waals surface area (Å²) in [5.41, 5.74) is 5.21. The molecule has 0 bridgehead atoms. The Bertz CT molecular complexity index is 1340. The molecule has 0 unspecified atom stereocenters. The number of anilines is 1. The number of fused-ring (bicyclic) bond motifs is 1. The normalized spacial score (nSPS) is 14.0. The zero-order chi connectivity index (χ0) is 22.9. The number of piperazine rings is 1. The first-order chi connectivity index (χ1) is 16.0. The lowest BCUT2D eigenvalue weighted by molar-refractivity contribution is 0.0748. The van der Waals surface area contributed by atoms with E-state index in [9.17, 15) is 4.79 Å². The van der Waals surface area contributed by atoms with Gasteiger partial charge in [-0.25, -0.2) is 4.98 Å². The largest absolute Gasteiger partial charge is 0.368 e. The molecule has 1 saturated heterocycles. The highest BCUT2D eigenvalue weighted by Gasteiger charge is 2.25. The molecule has 1 amide bonds. The Hall–Kier alpha value is -3.15. The lowest BCUT2D eigenvalue weighted by Gasteiger charge is -2.36. The van der Waals surface area contributed by atoms with Gasteiger partial charge in [-0.1, -0.05) is 41.4 Å². The van der Waals surface area contributed by atoms with Gasteiger partial charge >= 0.3 is 0 Å². The third kappa shape index (κ3) is 4.26. The van der Waals surface area contributed by atoms with Crippen molar-refractivity contribution in [2.45, 2.75) is 6.92 Å². The van der Waals surface area contributed by atoms with E-state index in [1.165, 1.54) is 0 Å². The van der Waals surface area contributed by atoms with Gasteiger partial charge in [0.15, 0.2) is 0 Å². The van der Waals surface area contributed by atoms with Crippen molar-refractivity contribution in [1.82, 2.24) is 14.9 Å². The lowest BCUT2D eigenvalue weighted by Crippen LogP contribution is -2.48. The summed E-state index contributed by atoms with van der Waals surface area (Å²) in [5.74, 6) is 0.0203. The highest BCUT2D eigenvalue weighted by Crippen LogP contribution is 2.30. The molecule has 0 spiro atoms. The second-order valence-electron chi connectivity index (χ2n) is 8.15. The molecule has 2 aromatic heterocycles. The number of aryl methyl sites for hydroxylation is 1. The van der Waals surface area contributed by atoms with Gasteiger partial charge in [-0.05, 0) is 48.9 Å². The maximum Gasteiger partial charge on any atom is 0.254 e. The van der Waals surface area contributed by atoms with E-state index < -0.39 is 0 Å². The maximum absolute atomic E-state index is 13.7. The van der Waals surface area contributed by atoms with E-state index in [1.807, 2.05) is 66.4 Å². The molecule has 5 rings (SSSR count). The number of carbonyl (C=O) groups is 1. The number of aromatic nitrogens is 2. The number of pyridine rings is 2. The molecule has 1 aliphatic heterocycles. The molecule has 7 heteroatoms. The molecule has 1 aliphatic rings. The minimum Gasteiger partial charge on any atom is -0.368 e. The number of amides is 1. The summed E-state index contributed by atoms with van der Waals surface area (Å²) < 4.78 is 0. The fourth-order valence-corrected chi connectivity index (χ4v) is 4.54. The number of nitrogens with zero attached hydrogens (tertiary/aromatic N) is 4. The van der Waals surface area contributed by atoms with E-state index in [1.54, 1.807) is 12.4 Å². The number of benzene rings is 2. The van der Waals surface area contributed by atoms with Crippen LogP contribution in [0.2, 0.25) is 10.0 Å². The van der Waals surface area contributed by atoms with E-state index in [2.05, 4.69) is 9.88 Å². The molecule has 0 aliphatic carbocycles. The molecule has 5 nitrogen and oxygen atoms in total. The Morgan fingerprint density at radius 3 is 2.48 bits per heavy atom. The van der Waals surface area contributed by atoms with Crippen LogP contribution in [0.15, 0.2) is 67.0 Å². The van der Waals surface area contributed by atoms with E-state index in [0.29, 0.717) is 28.7 Å². The van der Waals surface area contributed by atoms with Crippen LogP contribution in [0.5, 0.6) is 0 Å². The third-order valence-electron chi connectivity index (χ3n) is 6.06. The third-order valence-corrected chi connectivity index (χ3v) is 6.80. The van der Waals surface area contributed by atoms with Gasteiger partial charge in [0.25, 0.3) is 5.91 Å². The molecule has 3 heterocycles. The van der Waals surface area contributed by atoms with Crippen molar-refractivity contribution in [2.75, 3.05) is 31.1 Å². The number of para-hydroxylation sites is 1. The van der Waals surface area contributed by atoms with Crippen molar-refractivity contribution >= 4 is 45.7 Å². The van der Waals surface area contributed by atoms with Crippen molar-refractivity contribution < 1.29 is 4.79 Å². The molecule has 0 saturated carbocycles. The molecule has 2 aromatic carbocycles. The first kappa shape index (κ1) is 21.7. The predicted molar refractivity (Wildman–Crippen MR) is 134 cm³/mol. The maximum atomic E-state index is 13.7. The summed E-state index contributed by atoms with van der Waals surface area (Å²) in [6.07, 6.45) is 3.51. The summed E-state index contributed by atoms with van der Waals surface area (Å²) in [6.45, 7) is 4.71. The minimum absolute atomic E-state index is 0.0203. The molecule has 166 valence electrons. The van der Waals surface area contributed by atoms with Crippen LogP contribution in [0.3, 0.4) is 0 Å². The Morgan fingerprint density at radius 2 is 1.76 bits per heavy atom. The zero-order valence-electron chi connectivity index (χ0n) is 18.1. The minimum atomic E-state index is 0.0203. The fraction of sp³-hybridized carbons (Fsp3) is 0.192. The summed E-state index contributed by atoms with van der Waals surface area (Å²) in [4.78, 5) is 26.9. The highest BCUT2D eigenvalue weighted by molar-refractivity contribution is 6.42. The average Bonchev–Trinajstić information content (AvgIpc) is 2.86. The molecule has 1 fully saturated rings. The van der Waals surface area contributed by atoms with Gasteiger partial charge in [-0.15, -0.1) is 0 Å². The molecule has 0 N–H and O–H groups in total. The van der Waals surface area contributed by atoms with Crippen LogP contribution in [0.4, 0.5) is 5.69 Å². The fourth-order valence-electron chi connectivity index (χ4n) is 4.25. The first-order valence-electron chi connectivity index (χ1n) is 10.8. The lowest BCUT2D eigenvalue weighted by atomic mass is 10.0. The van der Waals surface area contributed by atoms with Gasteiger partial charge in [-0.3, -0.25) is 9.78 Å². The van der Waals surface area contributed by atoms with Crippen LogP contribution >= 0.6 is 23.2 Å². The topological polar surface area (TPSA) is 49.3 Å². The Morgan fingerprint density at radius 1 is 0.939 bits per heavy atom. The van der Waals surface area contributed by atoms with Crippen LogP contribution < -0.4 is 4.90 Å². The monoisotopic (exact) mass is 476 g/mol. The second kappa shape index (κ2) is 9.00. The van der Waals surface area contributed by atoms with E-state index in [4.69, 9.17) is 28.2 Å². The predicted octanol–water partition coefficient (Wildman–Crippen LogP) is 5.87. The summed E-state index contributed by atoms with van der Waals surface area (Å²) in [6, 6.07) is 17.4. The van der Waals surface area contributed by atoms with E-state index in [0.717, 1.165) is 46.5 Å². The molecule has 0 atom stereocenters. The molecular weight excluding hydrogens is 455 g/mol. The highest BCUT2D eigenvalue weighted by atomic mass is 35.5. The van der Waals surface area contributed by atoms with Crippen molar-refractivity contribution in [3.63, 3.8) is 0 Å². The van der Waals surface area contributed by atoms with Crippen LogP contribution in [-0.2, 0) is 0 Å². The van der Waals surface area contributed by atoms with Gasteiger partial charge < -0.3 is 9.80 Å². The zero-order valence-corrected chi connectivity index (χ0v) is 19.6. The summed E-state index contributed by atoms with van der Waals surface area (Å²) in [7, 11) is 0. The first-order valence-corrected chi connectivity index (χ1v) is 11.6. The number of hydrogen-bond acceptors (Lipinski definition) is 4. The average molecular weight is 477 g/mol. The van der Waals surface area contributed by atoms with Gasteiger partial charge in [0, 0.05) is 55.2 Å². The number of carbonyl (C=O) groups excluding carboxylic acids is 1. The van der Waals surface area contributed by atoms with Gasteiger partial charge in [0.1, 0.15) is 0 Å². The van der Waals surface area contributed by atoms with Crippen LogP contribution in [0.1, 0.15) is 15.9 Å². The molecule has 4 aromatic rings. The van der Waals surface area contributed by atoms with Crippen LogP contribution in [-0.4, -0.2) is 47.0 Å². The van der Waals surface area contributed by atoms with Crippen molar-refractivity contribution in [3.05, 3.63) is 88.2 Å². The molecule has 0 radical (unpaired) electrons. The molecular formula is C26H22Cl2N4O. The van der Waals surface area contributed by atoms with Gasteiger partial charge in [-0.2, -0.15) is 0 Å². The van der Waals surface area contributed by atoms with E-state index >= 15 is 0 Å². The SMILES string of the molecule is Cc1cccc2c(C(=O)N3CCN(c4ccc(Cl)c(Cl)c4)CC3)cc(-c3cccnc3)nc12. The standard InChI is InChI=1S/C26H22Cl2N4O/c1-17-4-2-6-20-21(15-24(30-25(17)20)18-5-3-9-29-16-18)26(33)32-12-10-31(11-13-32)19-7-8-22(27)23(28)14-19/h2-9,14-16H,10-13H2,1H3. The van der Waals surface area contributed by atoms with Crippen molar-refractivity contribution in [3.8, 4) is 11.3 Å². The summed E-state index contributed by atoms with van der Waals surface area (Å²) >= 11 is 12.2. The molecule has 33 heavy (non-hydrogen) atoms. The summed E-state index contributed by atoms with van der Waals surface area (Å²) in [5, 5.41) is 1.95. The van der Waals surface area contributed by atoms with Crippen LogP contribution in [0, 0.1) is 6.92 Å². The number of halogens is 2.